The second-order valence-corrected chi connectivity index (χ2v) is 14.5. The van der Waals surface area contributed by atoms with Crippen LogP contribution in [0.25, 0.3) is 110 Å². The van der Waals surface area contributed by atoms with Gasteiger partial charge in [-0.2, -0.15) is 9.97 Å². The predicted molar refractivity (Wildman–Crippen MR) is 220 cm³/mol. The number of nitrogens with zero attached hydrogens (tertiary/aromatic N) is 6. The average molecular weight is 711 g/mol. The van der Waals surface area contributed by atoms with E-state index in [1.807, 2.05) is 66.7 Å². The largest absolute Gasteiger partial charge is 0.456 e. The van der Waals surface area contributed by atoms with Crippen molar-refractivity contribution < 1.29 is 4.42 Å². The average Bonchev–Trinajstić information content (AvgIpc) is 3.99. The molecule has 0 aliphatic heterocycles. The molecule has 12 rings (SSSR count). The quantitative estimate of drug-likeness (QED) is 0.182. The topological polar surface area (TPSA) is 74.6 Å². The van der Waals surface area contributed by atoms with Gasteiger partial charge in [-0.25, -0.2) is 9.97 Å². The molecule has 7 nitrogen and oxygen atoms in total. The molecule has 54 heavy (non-hydrogen) atoms. The molecule has 5 heterocycles. The lowest BCUT2D eigenvalue weighted by Gasteiger charge is -2.12. The van der Waals surface area contributed by atoms with Gasteiger partial charge >= 0.3 is 0 Å². The van der Waals surface area contributed by atoms with Crippen molar-refractivity contribution in [1.29, 1.82) is 0 Å². The van der Waals surface area contributed by atoms with Crippen LogP contribution in [0.1, 0.15) is 0 Å². The van der Waals surface area contributed by atoms with Crippen molar-refractivity contribution in [2.24, 2.45) is 0 Å². The lowest BCUT2D eigenvalue weighted by atomic mass is 10.1. The SMILES string of the molecule is c1ccc(-c2nc(-c3ccc4oc5ccccc5c4c3)nc(-n3c4ccccc4c4ccc5c6ccccc6n(-c6nc7ccccc7s6)c5c43)n2)cc1. The second kappa shape index (κ2) is 11.2. The lowest BCUT2D eigenvalue weighted by Crippen LogP contribution is -2.07. The maximum atomic E-state index is 6.18. The highest BCUT2D eigenvalue weighted by molar-refractivity contribution is 7.20. The van der Waals surface area contributed by atoms with Crippen LogP contribution in [0, 0.1) is 0 Å². The molecule has 0 fully saturated rings. The van der Waals surface area contributed by atoms with Gasteiger partial charge in [0, 0.05) is 43.4 Å². The van der Waals surface area contributed by atoms with Crippen LogP contribution < -0.4 is 0 Å². The Morgan fingerprint density at radius 3 is 1.81 bits per heavy atom. The highest BCUT2D eigenvalue weighted by atomic mass is 32.1. The highest BCUT2D eigenvalue weighted by Gasteiger charge is 2.24. The summed E-state index contributed by atoms with van der Waals surface area (Å²) in [4.78, 5) is 20.9. The molecule has 0 amide bonds. The number of furan rings is 1. The Labute approximate surface area is 311 Å². The Hall–Kier alpha value is -7.16. The van der Waals surface area contributed by atoms with Gasteiger partial charge in [0.25, 0.3) is 0 Å². The fourth-order valence-corrected chi connectivity index (χ4v) is 9.02. The first-order valence-corrected chi connectivity index (χ1v) is 18.6. The van der Waals surface area contributed by atoms with E-state index < -0.39 is 0 Å². The molecule has 0 unspecified atom stereocenters. The van der Waals surface area contributed by atoms with Crippen LogP contribution in [0.3, 0.4) is 0 Å². The Morgan fingerprint density at radius 1 is 0.426 bits per heavy atom. The fraction of sp³-hybridized carbons (Fsp3) is 0. The second-order valence-electron chi connectivity index (χ2n) is 13.5. The molecule has 7 aromatic carbocycles. The Morgan fingerprint density at radius 2 is 1.04 bits per heavy atom. The Balaban J connectivity index is 1.21. The van der Waals surface area contributed by atoms with Crippen LogP contribution in [0.2, 0.25) is 0 Å². The van der Waals surface area contributed by atoms with Gasteiger partial charge in [-0.05, 0) is 48.5 Å². The molecule has 12 aromatic rings. The molecule has 0 saturated carbocycles. The van der Waals surface area contributed by atoms with Crippen molar-refractivity contribution in [3.05, 3.63) is 158 Å². The van der Waals surface area contributed by atoms with Crippen LogP contribution in [-0.2, 0) is 0 Å². The standard InChI is InChI=1S/C46H26N6OS/c1-2-12-27(13-3-1)43-48-44(28-22-25-39-34(26-28)31-16-6-10-20-38(31)53-39)50-45(49-43)51-36-18-8-4-14-29(36)32-23-24-33-30-15-5-9-19-37(30)52(42(33)41(32)51)46-47-35-17-7-11-21-40(35)54-46/h1-26H. The first kappa shape index (κ1) is 29.4. The van der Waals surface area contributed by atoms with E-state index in [-0.39, 0.29) is 0 Å². The van der Waals surface area contributed by atoms with Crippen LogP contribution in [0.4, 0.5) is 0 Å². The summed E-state index contributed by atoms with van der Waals surface area (Å²) in [5, 5.41) is 7.50. The number of rotatable bonds is 4. The first-order chi connectivity index (χ1) is 26.8. The van der Waals surface area contributed by atoms with E-state index >= 15 is 0 Å². The van der Waals surface area contributed by atoms with E-state index in [2.05, 4.69) is 100 Å². The third-order valence-corrected chi connectivity index (χ3v) is 11.5. The maximum absolute atomic E-state index is 6.18. The summed E-state index contributed by atoms with van der Waals surface area (Å²) in [6, 6.07) is 54.4. The van der Waals surface area contributed by atoms with Gasteiger partial charge in [-0.1, -0.05) is 121 Å². The number of benzene rings is 7. The van der Waals surface area contributed by atoms with Crippen molar-refractivity contribution in [2.45, 2.75) is 0 Å². The summed E-state index contributed by atoms with van der Waals surface area (Å²) in [7, 11) is 0. The van der Waals surface area contributed by atoms with Gasteiger partial charge in [-0.3, -0.25) is 9.13 Å². The molecule has 0 saturated heterocycles. The van der Waals surface area contributed by atoms with E-state index in [4.69, 9.17) is 24.4 Å². The number of fused-ring (bicyclic) bond motifs is 11. The molecule has 252 valence electrons. The van der Waals surface area contributed by atoms with Gasteiger partial charge in [0.05, 0.1) is 32.3 Å². The molecule has 0 spiro atoms. The van der Waals surface area contributed by atoms with E-state index in [9.17, 15) is 0 Å². The zero-order valence-electron chi connectivity index (χ0n) is 28.5. The molecule has 0 atom stereocenters. The molecule has 0 aliphatic carbocycles. The Bertz CT molecular complexity index is 3430. The van der Waals surface area contributed by atoms with Crippen LogP contribution in [0.15, 0.2) is 162 Å². The number of para-hydroxylation sites is 4. The number of aromatic nitrogens is 6. The summed E-state index contributed by atoms with van der Waals surface area (Å²) in [6.07, 6.45) is 0. The van der Waals surface area contributed by atoms with Crippen molar-refractivity contribution >= 4 is 87.1 Å². The molecule has 0 N–H and O–H groups in total. The minimum absolute atomic E-state index is 0.538. The zero-order valence-corrected chi connectivity index (χ0v) is 29.3. The maximum Gasteiger partial charge on any atom is 0.238 e. The lowest BCUT2D eigenvalue weighted by molar-refractivity contribution is 0.669. The summed E-state index contributed by atoms with van der Waals surface area (Å²) >= 11 is 1.70. The normalized spacial score (nSPS) is 12.1. The van der Waals surface area contributed by atoms with Crippen molar-refractivity contribution in [2.75, 3.05) is 0 Å². The summed E-state index contributed by atoms with van der Waals surface area (Å²) in [5.74, 6) is 1.71. The van der Waals surface area contributed by atoms with Crippen LogP contribution in [-0.4, -0.2) is 29.1 Å². The first-order valence-electron chi connectivity index (χ1n) is 17.8. The van der Waals surface area contributed by atoms with E-state index in [1.165, 1.54) is 0 Å². The number of hydrogen-bond acceptors (Lipinski definition) is 6. The molecular formula is C46H26N6OS. The van der Waals surface area contributed by atoms with E-state index in [0.717, 1.165) is 92.0 Å². The molecule has 0 aliphatic rings. The van der Waals surface area contributed by atoms with Gasteiger partial charge < -0.3 is 4.42 Å². The number of hydrogen-bond donors (Lipinski definition) is 0. The zero-order chi connectivity index (χ0) is 35.3. The summed E-state index contributed by atoms with van der Waals surface area (Å²) in [5.41, 5.74) is 8.61. The molecule has 8 heteroatoms. The number of thiazole rings is 1. The van der Waals surface area contributed by atoms with Crippen LogP contribution in [0.5, 0.6) is 0 Å². The third kappa shape index (κ3) is 4.22. The van der Waals surface area contributed by atoms with Crippen molar-refractivity contribution in [3.63, 3.8) is 0 Å². The summed E-state index contributed by atoms with van der Waals surface area (Å²) in [6.45, 7) is 0. The van der Waals surface area contributed by atoms with Gasteiger partial charge in [-0.15, -0.1) is 0 Å². The highest BCUT2D eigenvalue weighted by Crippen LogP contribution is 2.43. The molecule has 5 aromatic heterocycles. The molecular weight excluding hydrogens is 685 g/mol. The van der Waals surface area contributed by atoms with E-state index in [1.54, 1.807) is 11.3 Å². The molecule has 0 bridgehead atoms. The van der Waals surface area contributed by atoms with Gasteiger partial charge in [0.1, 0.15) is 11.2 Å². The predicted octanol–water partition coefficient (Wildman–Crippen LogP) is 11.9. The minimum atomic E-state index is 0.538. The van der Waals surface area contributed by atoms with Gasteiger partial charge in [0.15, 0.2) is 16.8 Å². The third-order valence-electron chi connectivity index (χ3n) is 10.4. The van der Waals surface area contributed by atoms with E-state index in [0.29, 0.717) is 17.6 Å². The van der Waals surface area contributed by atoms with Crippen LogP contribution >= 0.6 is 11.3 Å². The minimum Gasteiger partial charge on any atom is -0.456 e. The van der Waals surface area contributed by atoms with Crippen molar-refractivity contribution in [1.82, 2.24) is 29.1 Å². The fourth-order valence-electron chi connectivity index (χ4n) is 8.04. The van der Waals surface area contributed by atoms with Crippen molar-refractivity contribution in [3.8, 4) is 33.9 Å². The smallest absolute Gasteiger partial charge is 0.238 e. The van der Waals surface area contributed by atoms with Gasteiger partial charge in [0.2, 0.25) is 5.95 Å². The Kier molecular flexibility index (Phi) is 6.09. The molecule has 0 radical (unpaired) electrons. The monoisotopic (exact) mass is 710 g/mol. The summed E-state index contributed by atoms with van der Waals surface area (Å²) < 4.78 is 11.9.